The van der Waals surface area contributed by atoms with Gasteiger partial charge >= 0.3 is 0 Å². The fourth-order valence-electron chi connectivity index (χ4n) is 5.94. The molecule has 0 aromatic heterocycles. The van der Waals surface area contributed by atoms with E-state index in [1.165, 1.54) is 4.90 Å². The molecule has 3 heterocycles. The number of nitrogens with zero attached hydrogens (tertiary/aromatic N) is 1. The molecule has 8 heteroatoms. The van der Waals surface area contributed by atoms with Gasteiger partial charge in [0.1, 0.15) is 11.6 Å². The molecular formula is C25H35N3O5. The molecule has 3 amide bonds. The van der Waals surface area contributed by atoms with Crippen LogP contribution in [-0.4, -0.2) is 63.7 Å². The Morgan fingerprint density at radius 2 is 1.88 bits per heavy atom. The minimum absolute atomic E-state index is 0.0887. The van der Waals surface area contributed by atoms with Gasteiger partial charge in [-0.15, -0.1) is 0 Å². The smallest absolute Gasteiger partial charge is 0.246 e. The van der Waals surface area contributed by atoms with Crippen LogP contribution >= 0.6 is 0 Å². The summed E-state index contributed by atoms with van der Waals surface area (Å²) in [6.45, 7) is 8.08. The second-order valence-electron chi connectivity index (χ2n) is 10.8. The van der Waals surface area contributed by atoms with E-state index in [2.05, 4.69) is 10.6 Å². The number of ether oxygens (including phenoxy) is 1. The predicted molar refractivity (Wildman–Crippen MR) is 122 cm³/mol. The van der Waals surface area contributed by atoms with Crippen LogP contribution in [0, 0.1) is 11.8 Å². The number of hydrogen-bond donors (Lipinski definition) is 3. The predicted octanol–water partition coefficient (Wildman–Crippen LogP) is 1.36. The maximum Gasteiger partial charge on any atom is 0.246 e. The number of nitrogens with one attached hydrogen (secondary N) is 2. The molecule has 3 saturated heterocycles. The van der Waals surface area contributed by atoms with Crippen molar-refractivity contribution < 1.29 is 24.2 Å². The standard InChI is InChI=1S/C25H35N3O5/c1-23(2,3)27-21(31)19-25-12-11-24(4,33-25)17(18(25)22(32)28(19)13-8-14-29)20(30)26-15-16-9-6-5-7-10-16/h5-7,9-10,17-19,29H,8,11-15H2,1-4H3,(H,26,30)(H,27,31)/t17-,18-,19?,24+,25?/m0/s1. The zero-order valence-electron chi connectivity index (χ0n) is 19.9. The van der Waals surface area contributed by atoms with Crippen molar-refractivity contribution in [2.24, 2.45) is 11.8 Å². The number of rotatable bonds is 7. The highest BCUT2D eigenvalue weighted by atomic mass is 16.5. The SMILES string of the molecule is CC(C)(C)NC(=O)C1N(CCCO)C(=O)[C@@H]2[C@@H](C(=O)NCc3ccccc3)[C@@]3(C)CCC12O3. The Balaban J connectivity index is 1.64. The van der Waals surface area contributed by atoms with Crippen LogP contribution in [0.5, 0.6) is 0 Å². The van der Waals surface area contributed by atoms with Gasteiger partial charge in [0, 0.05) is 25.2 Å². The van der Waals surface area contributed by atoms with Gasteiger partial charge < -0.3 is 25.4 Å². The fourth-order valence-corrected chi connectivity index (χ4v) is 5.94. The number of amides is 3. The van der Waals surface area contributed by atoms with Gasteiger partial charge in [-0.3, -0.25) is 14.4 Å². The highest BCUT2D eigenvalue weighted by Crippen LogP contribution is 2.63. The third-order valence-corrected chi connectivity index (χ3v) is 7.17. The summed E-state index contributed by atoms with van der Waals surface area (Å²) in [7, 11) is 0. The van der Waals surface area contributed by atoms with Crippen LogP contribution in [0.3, 0.4) is 0 Å². The molecule has 5 atom stereocenters. The van der Waals surface area contributed by atoms with Crippen molar-refractivity contribution in [2.45, 2.75) is 76.3 Å². The first-order valence-corrected chi connectivity index (χ1v) is 11.8. The Kier molecular flexibility index (Phi) is 6.03. The molecule has 3 fully saturated rings. The zero-order chi connectivity index (χ0) is 24.0. The van der Waals surface area contributed by atoms with Gasteiger partial charge in [0.15, 0.2) is 0 Å². The summed E-state index contributed by atoms with van der Waals surface area (Å²) in [5.41, 5.74) is -1.35. The van der Waals surface area contributed by atoms with Crippen LogP contribution < -0.4 is 10.6 Å². The van der Waals surface area contributed by atoms with E-state index in [1.807, 2.05) is 58.0 Å². The number of carbonyl (C=O) groups excluding carboxylic acids is 3. The molecule has 0 aliphatic carbocycles. The molecule has 1 aromatic carbocycles. The van der Waals surface area contributed by atoms with E-state index in [4.69, 9.17) is 4.74 Å². The van der Waals surface area contributed by atoms with Gasteiger partial charge in [-0.2, -0.15) is 0 Å². The fraction of sp³-hybridized carbons (Fsp3) is 0.640. The average molecular weight is 458 g/mol. The second kappa shape index (κ2) is 8.40. The summed E-state index contributed by atoms with van der Waals surface area (Å²) in [6.07, 6.45) is 1.50. The zero-order valence-corrected chi connectivity index (χ0v) is 19.9. The van der Waals surface area contributed by atoms with Crippen LogP contribution in [0.4, 0.5) is 0 Å². The van der Waals surface area contributed by atoms with Crippen LogP contribution in [0.15, 0.2) is 30.3 Å². The van der Waals surface area contributed by atoms with Crippen molar-refractivity contribution in [3.05, 3.63) is 35.9 Å². The average Bonchev–Trinajstić information content (AvgIpc) is 3.31. The van der Waals surface area contributed by atoms with Crippen LogP contribution in [0.25, 0.3) is 0 Å². The van der Waals surface area contributed by atoms with Crippen LogP contribution in [-0.2, 0) is 25.7 Å². The monoisotopic (exact) mass is 457 g/mol. The third kappa shape index (κ3) is 4.04. The first-order chi connectivity index (χ1) is 15.5. The molecule has 180 valence electrons. The number of likely N-dealkylation sites (tertiary alicyclic amines) is 1. The molecule has 2 bridgehead atoms. The van der Waals surface area contributed by atoms with Gasteiger partial charge in [-0.05, 0) is 52.5 Å². The highest BCUT2D eigenvalue weighted by Gasteiger charge is 2.77. The van der Waals surface area contributed by atoms with E-state index in [9.17, 15) is 19.5 Å². The first-order valence-electron chi connectivity index (χ1n) is 11.8. The van der Waals surface area contributed by atoms with Crippen molar-refractivity contribution in [1.29, 1.82) is 0 Å². The normalized spacial score (nSPS) is 32.7. The molecule has 0 radical (unpaired) electrons. The molecule has 33 heavy (non-hydrogen) atoms. The van der Waals surface area contributed by atoms with Crippen molar-refractivity contribution in [3.8, 4) is 0 Å². The lowest BCUT2D eigenvalue weighted by atomic mass is 9.66. The second-order valence-corrected chi connectivity index (χ2v) is 10.8. The van der Waals surface area contributed by atoms with Gasteiger partial charge in [0.05, 0.1) is 17.4 Å². The quantitative estimate of drug-likeness (QED) is 0.573. The van der Waals surface area contributed by atoms with E-state index in [-0.39, 0.29) is 30.9 Å². The molecule has 1 spiro atoms. The summed E-state index contributed by atoms with van der Waals surface area (Å²) < 4.78 is 6.54. The largest absolute Gasteiger partial charge is 0.396 e. The van der Waals surface area contributed by atoms with Gasteiger partial charge in [-0.1, -0.05) is 30.3 Å². The van der Waals surface area contributed by atoms with E-state index < -0.39 is 34.6 Å². The molecule has 0 saturated carbocycles. The summed E-state index contributed by atoms with van der Waals surface area (Å²) in [5, 5.41) is 15.4. The first kappa shape index (κ1) is 23.7. The molecule has 8 nitrogen and oxygen atoms in total. The van der Waals surface area contributed by atoms with E-state index >= 15 is 0 Å². The van der Waals surface area contributed by atoms with E-state index in [0.29, 0.717) is 25.8 Å². The molecule has 4 rings (SSSR count). The van der Waals surface area contributed by atoms with Crippen molar-refractivity contribution >= 4 is 17.7 Å². The number of fused-ring (bicyclic) bond motifs is 1. The molecule has 2 unspecified atom stereocenters. The summed E-state index contributed by atoms with van der Waals surface area (Å²) >= 11 is 0. The maximum absolute atomic E-state index is 13.7. The Labute approximate surface area is 195 Å². The number of aliphatic hydroxyl groups is 1. The van der Waals surface area contributed by atoms with Crippen LogP contribution in [0.2, 0.25) is 0 Å². The molecule has 3 aliphatic rings. The number of aliphatic hydroxyl groups excluding tert-OH is 1. The lowest BCUT2D eigenvalue weighted by Crippen LogP contribution is -2.58. The van der Waals surface area contributed by atoms with E-state index in [1.54, 1.807) is 0 Å². The van der Waals surface area contributed by atoms with Gasteiger partial charge in [0.2, 0.25) is 17.7 Å². The summed E-state index contributed by atoms with van der Waals surface area (Å²) in [6, 6.07) is 8.79. The Bertz CT molecular complexity index is 930. The van der Waals surface area contributed by atoms with Crippen molar-refractivity contribution in [1.82, 2.24) is 15.5 Å². The lowest BCUT2D eigenvalue weighted by molar-refractivity contribution is -0.147. The number of carbonyl (C=O) groups is 3. The summed E-state index contributed by atoms with van der Waals surface area (Å²) in [4.78, 5) is 42.1. The third-order valence-electron chi connectivity index (χ3n) is 7.17. The van der Waals surface area contributed by atoms with Gasteiger partial charge in [-0.25, -0.2) is 0 Å². The lowest BCUT2D eigenvalue weighted by Gasteiger charge is -2.35. The Morgan fingerprint density at radius 1 is 1.18 bits per heavy atom. The minimum Gasteiger partial charge on any atom is -0.396 e. The van der Waals surface area contributed by atoms with Gasteiger partial charge in [0.25, 0.3) is 0 Å². The van der Waals surface area contributed by atoms with Crippen LogP contribution in [0.1, 0.15) is 52.5 Å². The molecule has 3 N–H and O–H groups in total. The number of benzene rings is 1. The van der Waals surface area contributed by atoms with Crippen molar-refractivity contribution in [3.63, 3.8) is 0 Å². The summed E-state index contributed by atoms with van der Waals surface area (Å²) in [5.74, 6) is -2.13. The molecular weight excluding hydrogens is 422 g/mol. The minimum atomic E-state index is -1.04. The molecule has 3 aliphatic heterocycles. The van der Waals surface area contributed by atoms with E-state index in [0.717, 1.165) is 5.56 Å². The van der Waals surface area contributed by atoms with Crippen molar-refractivity contribution in [2.75, 3.05) is 13.2 Å². The molecule has 1 aromatic rings. The Morgan fingerprint density at radius 3 is 2.52 bits per heavy atom. The number of hydrogen-bond acceptors (Lipinski definition) is 5. The topological polar surface area (TPSA) is 108 Å². The maximum atomic E-state index is 13.7. The highest BCUT2D eigenvalue weighted by molar-refractivity contribution is 5.99. The Hall–Kier alpha value is -2.45.